The van der Waals surface area contributed by atoms with Crippen molar-refractivity contribution in [3.8, 4) is 11.1 Å². The molecule has 0 aliphatic carbocycles. The molecule has 1 radical (unpaired) electrons. The van der Waals surface area contributed by atoms with Crippen molar-refractivity contribution in [1.82, 2.24) is 0 Å². The minimum Gasteiger partial charge on any atom is -0.390 e. The van der Waals surface area contributed by atoms with E-state index in [9.17, 15) is 0 Å². The second-order valence-electron chi connectivity index (χ2n) is 5.60. The number of benzene rings is 3. The van der Waals surface area contributed by atoms with Gasteiger partial charge in [-0.1, -0.05) is 78.8 Å². The highest BCUT2D eigenvalue weighted by molar-refractivity contribution is 5.79. The smallest absolute Gasteiger partial charge is 0.142 e. The maximum Gasteiger partial charge on any atom is 0.142 e. The Kier molecular flexibility index (Phi) is 5.41. The molecule has 0 unspecified atom stereocenters. The zero-order valence-electron chi connectivity index (χ0n) is 13.8. The summed E-state index contributed by atoms with van der Waals surface area (Å²) in [5.74, 6) is 0. The van der Waals surface area contributed by atoms with E-state index in [0.29, 0.717) is 6.61 Å². The predicted molar refractivity (Wildman–Crippen MR) is 99.0 cm³/mol. The summed E-state index contributed by atoms with van der Waals surface area (Å²) >= 11 is 0. The third-order valence-electron chi connectivity index (χ3n) is 3.84. The lowest BCUT2D eigenvalue weighted by Crippen LogP contribution is -1.90. The first-order valence-electron chi connectivity index (χ1n) is 8.16. The maximum atomic E-state index is 5.40. The Morgan fingerprint density at radius 2 is 1.54 bits per heavy atom. The highest BCUT2D eigenvalue weighted by Gasteiger charge is 1.99. The van der Waals surface area contributed by atoms with Crippen LogP contribution in [-0.4, -0.2) is 6.21 Å². The van der Waals surface area contributed by atoms with E-state index in [4.69, 9.17) is 4.84 Å². The topological polar surface area (TPSA) is 21.6 Å². The van der Waals surface area contributed by atoms with Gasteiger partial charge in [0.1, 0.15) is 12.8 Å². The Hall–Kier alpha value is -2.87. The molecule has 0 atom stereocenters. The summed E-state index contributed by atoms with van der Waals surface area (Å²) in [5, 5.41) is 3.96. The molecule has 0 bridgehead atoms. The average Bonchev–Trinajstić information content (AvgIpc) is 2.66. The number of hydrogen-bond acceptors (Lipinski definition) is 2. The molecule has 0 saturated heterocycles. The third-order valence-corrected chi connectivity index (χ3v) is 3.84. The monoisotopic (exact) mass is 314 g/mol. The van der Waals surface area contributed by atoms with E-state index in [1.54, 1.807) is 0 Å². The molecule has 0 saturated carbocycles. The van der Waals surface area contributed by atoms with Gasteiger partial charge in [-0.05, 0) is 40.8 Å². The lowest BCUT2D eigenvalue weighted by Gasteiger charge is -2.05. The van der Waals surface area contributed by atoms with Crippen molar-refractivity contribution < 1.29 is 4.84 Å². The standard InChI is InChI=1S/C22H20NO/c1-2-18-8-6-9-19(14-18)16-23-24-17-20-10-7-13-22(15-20)21-11-4-3-5-12-21/h3-15H,2,17H2,1H3. The average molecular weight is 314 g/mol. The first-order valence-corrected chi connectivity index (χ1v) is 8.16. The minimum absolute atomic E-state index is 0.432. The van der Waals surface area contributed by atoms with E-state index in [2.05, 4.69) is 54.7 Å². The van der Waals surface area contributed by atoms with Gasteiger partial charge in [0, 0.05) is 5.56 Å². The van der Waals surface area contributed by atoms with Crippen LogP contribution in [0.4, 0.5) is 0 Å². The van der Waals surface area contributed by atoms with E-state index in [1.807, 2.05) is 42.5 Å². The van der Waals surface area contributed by atoms with Crippen molar-refractivity contribution in [3.05, 3.63) is 95.6 Å². The zero-order valence-corrected chi connectivity index (χ0v) is 13.8. The van der Waals surface area contributed by atoms with Gasteiger partial charge in [0.2, 0.25) is 0 Å². The quantitative estimate of drug-likeness (QED) is 0.444. The molecule has 0 N–H and O–H groups in total. The van der Waals surface area contributed by atoms with Crippen molar-refractivity contribution in [1.29, 1.82) is 0 Å². The van der Waals surface area contributed by atoms with E-state index >= 15 is 0 Å². The molecule has 0 aliphatic heterocycles. The van der Waals surface area contributed by atoms with Crippen LogP contribution in [0.2, 0.25) is 0 Å². The molecule has 119 valence electrons. The molecule has 2 heteroatoms. The van der Waals surface area contributed by atoms with E-state index in [0.717, 1.165) is 17.5 Å². The van der Waals surface area contributed by atoms with Crippen molar-refractivity contribution in [2.75, 3.05) is 0 Å². The number of aryl methyl sites for hydroxylation is 1. The van der Waals surface area contributed by atoms with Crippen LogP contribution in [0.1, 0.15) is 23.6 Å². The molecule has 0 amide bonds. The molecule has 0 spiro atoms. The molecule has 0 fully saturated rings. The van der Waals surface area contributed by atoms with Crippen molar-refractivity contribution in [3.63, 3.8) is 0 Å². The first kappa shape index (κ1) is 16.0. The van der Waals surface area contributed by atoms with Crippen LogP contribution in [0.5, 0.6) is 0 Å². The Labute approximate surface area is 143 Å². The molecular formula is C22H20NO. The second kappa shape index (κ2) is 8.11. The van der Waals surface area contributed by atoms with Gasteiger partial charge in [-0.15, -0.1) is 0 Å². The summed E-state index contributed by atoms with van der Waals surface area (Å²) in [7, 11) is 0. The van der Waals surface area contributed by atoms with Crippen molar-refractivity contribution in [2.24, 2.45) is 5.16 Å². The fraction of sp³-hybridized carbons (Fsp3) is 0.136. The summed E-state index contributed by atoms with van der Waals surface area (Å²) < 4.78 is 0. The van der Waals surface area contributed by atoms with Crippen molar-refractivity contribution in [2.45, 2.75) is 20.0 Å². The number of rotatable bonds is 6. The van der Waals surface area contributed by atoms with Gasteiger partial charge in [0.25, 0.3) is 0 Å². The fourth-order valence-corrected chi connectivity index (χ4v) is 2.52. The summed E-state index contributed by atoms with van der Waals surface area (Å²) in [5.41, 5.74) is 5.67. The summed E-state index contributed by atoms with van der Waals surface area (Å²) in [4.78, 5) is 5.40. The Balaban J connectivity index is 1.62. The van der Waals surface area contributed by atoms with Crippen LogP contribution in [0.25, 0.3) is 11.1 Å². The van der Waals surface area contributed by atoms with Gasteiger partial charge < -0.3 is 4.84 Å². The Morgan fingerprint density at radius 3 is 2.38 bits per heavy atom. The molecule has 2 nitrogen and oxygen atoms in total. The second-order valence-corrected chi connectivity index (χ2v) is 5.60. The van der Waals surface area contributed by atoms with Gasteiger partial charge in [-0.2, -0.15) is 0 Å². The highest BCUT2D eigenvalue weighted by Crippen LogP contribution is 2.20. The normalized spacial score (nSPS) is 10.9. The first-order chi connectivity index (χ1) is 11.8. The van der Waals surface area contributed by atoms with Crippen LogP contribution in [0.15, 0.2) is 84.0 Å². The SMILES string of the molecule is CCc1cccc(/[C]=N\OCc2cccc(-c3ccccc3)c2)c1. The highest BCUT2D eigenvalue weighted by atomic mass is 16.6. The van der Waals surface area contributed by atoms with Gasteiger partial charge in [0.15, 0.2) is 0 Å². The third kappa shape index (κ3) is 4.32. The summed E-state index contributed by atoms with van der Waals surface area (Å²) in [6, 6.07) is 26.8. The van der Waals surface area contributed by atoms with Crippen LogP contribution in [0.3, 0.4) is 0 Å². The fourth-order valence-electron chi connectivity index (χ4n) is 2.52. The number of nitrogens with zero attached hydrogens (tertiary/aromatic N) is 1. The van der Waals surface area contributed by atoms with Crippen LogP contribution < -0.4 is 0 Å². The summed E-state index contributed by atoms with van der Waals surface area (Å²) in [6.07, 6.45) is 3.94. The predicted octanol–water partition coefficient (Wildman–Crippen LogP) is 5.34. The molecular weight excluding hydrogens is 294 g/mol. The van der Waals surface area contributed by atoms with Gasteiger partial charge in [-0.25, -0.2) is 0 Å². The molecule has 0 heterocycles. The van der Waals surface area contributed by atoms with E-state index < -0.39 is 0 Å². The van der Waals surface area contributed by atoms with Crippen LogP contribution in [0, 0.1) is 0 Å². The Morgan fingerprint density at radius 1 is 0.792 bits per heavy atom. The van der Waals surface area contributed by atoms with E-state index in [-0.39, 0.29) is 0 Å². The van der Waals surface area contributed by atoms with Crippen LogP contribution in [-0.2, 0) is 17.9 Å². The van der Waals surface area contributed by atoms with Gasteiger partial charge in [-0.3, -0.25) is 0 Å². The van der Waals surface area contributed by atoms with E-state index in [1.165, 1.54) is 16.7 Å². The molecule has 0 aliphatic rings. The number of hydrogen-bond donors (Lipinski definition) is 0. The zero-order chi connectivity index (χ0) is 16.6. The maximum absolute atomic E-state index is 5.40. The van der Waals surface area contributed by atoms with Crippen molar-refractivity contribution >= 4 is 6.21 Å². The Bertz CT molecular complexity index is 809. The molecule has 3 rings (SSSR count). The minimum atomic E-state index is 0.432. The summed E-state index contributed by atoms with van der Waals surface area (Å²) in [6.45, 7) is 2.56. The largest absolute Gasteiger partial charge is 0.390 e. The lowest BCUT2D eigenvalue weighted by molar-refractivity contribution is 0.132. The van der Waals surface area contributed by atoms with Gasteiger partial charge in [0.05, 0.1) is 0 Å². The molecule has 0 aromatic heterocycles. The van der Waals surface area contributed by atoms with Crippen LogP contribution >= 0.6 is 0 Å². The molecule has 3 aromatic rings. The molecule has 3 aromatic carbocycles. The van der Waals surface area contributed by atoms with Gasteiger partial charge >= 0.3 is 0 Å². The molecule has 24 heavy (non-hydrogen) atoms. The lowest BCUT2D eigenvalue weighted by atomic mass is 10.0.